The Kier molecular flexibility index (Phi) is 8.20. The van der Waals surface area contributed by atoms with E-state index in [0.717, 1.165) is 22.5 Å². The number of aromatic nitrogens is 2. The first-order valence-electron chi connectivity index (χ1n) is 10.6. The zero-order valence-electron chi connectivity index (χ0n) is 20.0. The molecule has 0 aliphatic heterocycles. The Labute approximate surface area is 186 Å². The van der Waals surface area contributed by atoms with Crippen molar-refractivity contribution in [1.29, 1.82) is 0 Å². The van der Waals surface area contributed by atoms with Gasteiger partial charge in [0.05, 0.1) is 5.69 Å². The Balaban J connectivity index is 2.47. The number of hydrogen-bond acceptors (Lipinski definition) is 5. The van der Waals surface area contributed by atoms with Crippen LogP contribution in [0.3, 0.4) is 0 Å². The standard InChI is InChI=1S/C25H35N3O3/c1-17(2)13-23(29)30-16-31-24(22-14-18(3)27-28(22)8)21(15-26-7)19-9-11-20(12-10-19)25(4,5)6/h9-12,14-15,17H,13,16H2,1-8H3/b24-21-,26-15?. The van der Waals surface area contributed by atoms with E-state index in [-0.39, 0.29) is 24.1 Å². The number of aryl methyl sites for hydroxylation is 2. The lowest BCUT2D eigenvalue weighted by atomic mass is 9.86. The molecular weight excluding hydrogens is 390 g/mol. The van der Waals surface area contributed by atoms with E-state index in [4.69, 9.17) is 9.47 Å². The third kappa shape index (κ3) is 6.81. The van der Waals surface area contributed by atoms with Crippen LogP contribution in [0.4, 0.5) is 0 Å². The van der Waals surface area contributed by atoms with Gasteiger partial charge in [-0.2, -0.15) is 5.10 Å². The number of allylic oxidation sites excluding steroid dienone is 1. The molecule has 0 fully saturated rings. The van der Waals surface area contributed by atoms with Gasteiger partial charge in [0.15, 0.2) is 5.76 Å². The Morgan fingerprint density at radius 1 is 1.19 bits per heavy atom. The third-order valence-corrected chi connectivity index (χ3v) is 4.80. The van der Waals surface area contributed by atoms with Crippen LogP contribution in [0.1, 0.15) is 63.6 Å². The van der Waals surface area contributed by atoms with Crippen molar-refractivity contribution in [2.45, 2.75) is 53.4 Å². The number of rotatable bonds is 8. The maximum absolute atomic E-state index is 12.0. The second-order valence-electron chi connectivity index (χ2n) is 9.13. The van der Waals surface area contributed by atoms with E-state index in [1.807, 2.05) is 33.9 Å². The van der Waals surface area contributed by atoms with Gasteiger partial charge in [0.2, 0.25) is 6.79 Å². The maximum atomic E-state index is 12.0. The van der Waals surface area contributed by atoms with Gasteiger partial charge >= 0.3 is 5.97 Å². The molecule has 2 aromatic rings. The fraction of sp³-hybridized carbons (Fsp3) is 0.480. The maximum Gasteiger partial charge on any atom is 0.308 e. The molecule has 0 amide bonds. The van der Waals surface area contributed by atoms with Crippen LogP contribution in [0.2, 0.25) is 0 Å². The number of nitrogens with zero attached hydrogens (tertiary/aromatic N) is 3. The van der Waals surface area contributed by atoms with Crippen LogP contribution >= 0.6 is 0 Å². The van der Waals surface area contributed by atoms with Crippen LogP contribution in [0.15, 0.2) is 35.3 Å². The molecule has 0 aliphatic carbocycles. The van der Waals surface area contributed by atoms with Gasteiger partial charge in [-0.1, -0.05) is 58.9 Å². The highest BCUT2D eigenvalue weighted by Gasteiger charge is 2.19. The van der Waals surface area contributed by atoms with Gasteiger partial charge in [0, 0.05) is 32.3 Å². The lowest BCUT2D eigenvalue weighted by molar-refractivity contribution is -0.152. The molecule has 0 atom stereocenters. The van der Waals surface area contributed by atoms with Gasteiger partial charge in [0.1, 0.15) is 5.69 Å². The normalized spacial score (nSPS) is 12.9. The molecule has 31 heavy (non-hydrogen) atoms. The third-order valence-electron chi connectivity index (χ3n) is 4.80. The molecule has 1 heterocycles. The fourth-order valence-electron chi connectivity index (χ4n) is 3.20. The summed E-state index contributed by atoms with van der Waals surface area (Å²) in [5.41, 5.74) is 4.71. The second-order valence-corrected chi connectivity index (χ2v) is 9.13. The van der Waals surface area contributed by atoms with Gasteiger partial charge in [-0.3, -0.25) is 14.5 Å². The van der Waals surface area contributed by atoms with E-state index in [1.54, 1.807) is 17.9 Å². The van der Waals surface area contributed by atoms with Crippen molar-refractivity contribution >= 4 is 23.5 Å². The van der Waals surface area contributed by atoms with Crippen molar-refractivity contribution in [3.05, 3.63) is 52.8 Å². The number of aliphatic imine (C=N–C) groups is 1. The topological polar surface area (TPSA) is 65.7 Å². The van der Waals surface area contributed by atoms with Crippen LogP contribution in [0.25, 0.3) is 11.3 Å². The first-order chi connectivity index (χ1) is 14.5. The Bertz CT molecular complexity index is 945. The highest BCUT2D eigenvalue weighted by Crippen LogP contribution is 2.29. The number of esters is 1. The molecule has 6 heteroatoms. The minimum absolute atomic E-state index is 0.0599. The van der Waals surface area contributed by atoms with E-state index < -0.39 is 0 Å². The van der Waals surface area contributed by atoms with Gasteiger partial charge in [0.25, 0.3) is 0 Å². The van der Waals surface area contributed by atoms with Gasteiger partial charge < -0.3 is 9.47 Å². The number of ether oxygens (including phenoxy) is 2. The first kappa shape index (κ1) is 24.4. The molecule has 0 bridgehead atoms. The summed E-state index contributed by atoms with van der Waals surface area (Å²) in [5.74, 6) is 0.511. The number of hydrogen-bond donors (Lipinski definition) is 0. The van der Waals surface area contributed by atoms with Crippen LogP contribution in [0, 0.1) is 12.8 Å². The number of carbonyl (C=O) groups is 1. The largest absolute Gasteiger partial charge is 0.454 e. The zero-order valence-corrected chi connectivity index (χ0v) is 20.0. The van der Waals surface area contributed by atoms with Crippen LogP contribution in [-0.4, -0.2) is 35.8 Å². The molecule has 1 aromatic heterocycles. The van der Waals surface area contributed by atoms with Crippen LogP contribution in [-0.2, 0) is 26.7 Å². The van der Waals surface area contributed by atoms with E-state index in [0.29, 0.717) is 12.2 Å². The molecule has 6 nitrogen and oxygen atoms in total. The van der Waals surface area contributed by atoms with Crippen molar-refractivity contribution in [3.63, 3.8) is 0 Å². The van der Waals surface area contributed by atoms with Crippen molar-refractivity contribution in [1.82, 2.24) is 9.78 Å². The van der Waals surface area contributed by atoms with Gasteiger partial charge in [-0.05, 0) is 35.4 Å². The predicted molar refractivity (Wildman–Crippen MR) is 126 cm³/mol. The molecule has 0 unspecified atom stereocenters. The summed E-state index contributed by atoms with van der Waals surface area (Å²) in [5, 5.41) is 4.45. The molecular formula is C25H35N3O3. The zero-order chi connectivity index (χ0) is 23.2. The molecule has 0 saturated carbocycles. The van der Waals surface area contributed by atoms with Crippen molar-refractivity contribution in [2.75, 3.05) is 13.8 Å². The Morgan fingerprint density at radius 3 is 2.32 bits per heavy atom. The molecule has 0 spiro atoms. The summed E-state index contributed by atoms with van der Waals surface area (Å²) in [4.78, 5) is 16.2. The molecule has 0 radical (unpaired) electrons. The molecule has 0 aliphatic rings. The highest BCUT2D eigenvalue weighted by molar-refractivity contribution is 6.18. The summed E-state index contributed by atoms with van der Waals surface area (Å²) in [6.45, 7) is 12.3. The van der Waals surface area contributed by atoms with Crippen molar-refractivity contribution < 1.29 is 14.3 Å². The minimum Gasteiger partial charge on any atom is -0.454 e. The van der Waals surface area contributed by atoms with E-state index in [2.05, 4.69) is 55.1 Å². The average Bonchev–Trinajstić information content (AvgIpc) is 3.00. The SMILES string of the molecule is CN=C/C(=C(/OCOC(=O)CC(C)C)c1cc(C)nn1C)c1ccc(C(C)(C)C)cc1. The molecule has 2 rings (SSSR count). The summed E-state index contributed by atoms with van der Waals surface area (Å²) < 4.78 is 13.1. The van der Waals surface area contributed by atoms with Crippen LogP contribution in [0.5, 0.6) is 0 Å². The summed E-state index contributed by atoms with van der Waals surface area (Å²) in [6, 6.07) is 10.3. The quantitative estimate of drug-likeness (QED) is 0.254. The van der Waals surface area contributed by atoms with E-state index in [1.165, 1.54) is 5.56 Å². The Hall–Kier alpha value is -2.89. The van der Waals surface area contributed by atoms with Crippen molar-refractivity contribution in [2.24, 2.45) is 18.0 Å². The lowest BCUT2D eigenvalue weighted by Crippen LogP contribution is -2.13. The monoisotopic (exact) mass is 425 g/mol. The van der Waals surface area contributed by atoms with Crippen molar-refractivity contribution in [3.8, 4) is 0 Å². The summed E-state index contributed by atoms with van der Waals surface area (Å²) >= 11 is 0. The smallest absolute Gasteiger partial charge is 0.308 e. The highest BCUT2D eigenvalue weighted by atomic mass is 16.7. The minimum atomic E-state index is -0.282. The number of carbonyl (C=O) groups excluding carboxylic acids is 1. The van der Waals surface area contributed by atoms with Gasteiger partial charge in [-0.15, -0.1) is 0 Å². The fourth-order valence-corrected chi connectivity index (χ4v) is 3.20. The second kappa shape index (κ2) is 10.4. The summed E-state index contributed by atoms with van der Waals surface area (Å²) in [7, 11) is 3.58. The van der Waals surface area contributed by atoms with E-state index in [9.17, 15) is 4.79 Å². The molecule has 1 aromatic carbocycles. The summed E-state index contributed by atoms with van der Waals surface area (Å²) in [6.07, 6.45) is 2.12. The van der Waals surface area contributed by atoms with E-state index >= 15 is 0 Å². The average molecular weight is 426 g/mol. The van der Waals surface area contributed by atoms with Crippen LogP contribution < -0.4 is 0 Å². The lowest BCUT2D eigenvalue weighted by Gasteiger charge is -2.20. The predicted octanol–water partition coefficient (Wildman–Crippen LogP) is 5.16. The molecule has 0 saturated heterocycles. The molecule has 0 N–H and O–H groups in total. The van der Waals surface area contributed by atoms with Gasteiger partial charge in [-0.25, -0.2) is 0 Å². The first-order valence-corrected chi connectivity index (χ1v) is 10.6. The number of benzene rings is 1. The Morgan fingerprint density at radius 2 is 1.84 bits per heavy atom. The molecule has 168 valence electrons.